The van der Waals surface area contributed by atoms with Gasteiger partial charge in [0.15, 0.2) is 6.10 Å². The van der Waals surface area contributed by atoms with Gasteiger partial charge in [-0.25, -0.2) is 0 Å². The summed E-state index contributed by atoms with van der Waals surface area (Å²) in [4.78, 5) is 0. The Kier molecular flexibility index (Phi) is 11.9. The molecular formula is C16H29F3O. The average molecular weight is 294 g/mol. The normalized spacial score (nSPS) is 14.1. The fourth-order valence-electron chi connectivity index (χ4n) is 2.08. The first-order valence-corrected chi connectivity index (χ1v) is 7.90. The smallest absolute Gasteiger partial charge is 0.380 e. The maximum Gasteiger partial charge on any atom is 0.417 e. The average Bonchev–Trinajstić information content (AvgIpc) is 2.38. The van der Waals surface area contributed by atoms with Crippen molar-refractivity contribution in [1.82, 2.24) is 0 Å². The van der Waals surface area contributed by atoms with E-state index in [2.05, 4.69) is 6.92 Å². The summed E-state index contributed by atoms with van der Waals surface area (Å²) >= 11 is 0. The lowest BCUT2D eigenvalue weighted by molar-refractivity contribution is -0.187. The molecule has 0 aromatic heterocycles. The Labute approximate surface area is 121 Å². The second kappa shape index (κ2) is 12.2. The Morgan fingerprint density at radius 2 is 1.30 bits per heavy atom. The van der Waals surface area contributed by atoms with Gasteiger partial charge in [0, 0.05) is 0 Å². The predicted molar refractivity (Wildman–Crippen MR) is 77.7 cm³/mol. The van der Waals surface area contributed by atoms with E-state index in [1.165, 1.54) is 51.0 Å². The first kappa shape index (κ1) is 19.5. The second-order valence-electron chi connectivity index (χ2n) is 5.39. The molecule has 1 nitrogen and oxygen atoms in total. The lowest BCUT2D eigenvalue weighted by Gasteiger charge is -2.09. The van der Waals surface area contributed by atoms with Crippen molar-refractivity contribution in [3.63, 3.8) is 0 Å². The lowest BCUT2D eigenvalue weighted by atomic mass is 10.1. The van der Waals surface area contributed by atoms with E-state index in [4.69, 9.17) is 5.11 Å². The van der Waals surface area contributed by atoms with E-state index >= 15 is 0 Å². The van der Waals surface area contributed by atoms with Crippen molar-refractivity contribution >= 4 is 0 Å². The zero-order chi connectivity index (χ0) is 15.3. The minimum absolute atomic E-state index is 0.615. The highest BCUT2D eigenvalue weighted by Crippen LogP contribution is 2.21. The van der Waals surface area contributed by atoms with E-state index < -0.39 is 12.3 Å². The van der Waals surface area contributed by atoms with Crippen LogP contribution in [0.2, 0.25) is 0 Å². The van der Waals surface area contributed by atoms with Gasteiger partial charge < -0.3 is 5.11 Å². The van der Waals surface area contributed by atoms with Crippen molar-refractivity contribution in [2.45, 2.75) is 89.8 Å². The minimum atomic E-state index is -4.53. The predicted octanol–water partition coefficient (Wildman–Crippen LogP) is 5.78. The first-order chi connectivity index (χ1) is 9.48. The van der Waals surface area contributed by atoms with Gasteiger partial charge in [0.05, 0.1) is 0 Å². The van der Waals surface area contributed by atoms with Crippen LogP contribution in [-0.2, 0) is 0 Å². The molecule has 0 bridgehead atoms. The van der Waals surface area contributed by atoms with Crippen molar-refractivity contribution in [2.24, 2.45) is 0 Å². The van der Waals surface area contributed by atoms with Crippen LogP contribution >= 0.6 is 0 Å². The van der Waals surface area contributed by atoms with Crippen LogP contribution in [0, 0.1) is 0 Å². The molecule has 0 spiro atoms. The zero-order valence-corrected chi connectivity index (χ0v) is 12.6. The van der Waals surface area contributed by atoms with Crippen LogP contribution in [0.1, 0.15) is 77.6 Å². The van der Waals surface area contributed by atoms with Gasteiger partial charge in [-0.3, -0.25) is 0 Å². The number of unbranched alkanes of at least 4 members (excludes halogenated alkanes) is 10. The van der Waals surface area contributed by atoms with Crippen LogP contribution in [0.3, 0.4) is 0 Å². The summed E-state index contributed by atoms with van der Waals surface area (Å²) in [5.74, 6) is 0. The number of hydrogen-bond acceptors (Lipinski definition) is 1. The third-order valence-corrected chi connectivity index (χ3v) is 3.38. The number of allylic oxidation sites excluding steroid dienone is 1. The van der Waals surface area contributed by atoms with E-state index in [1.807, 2.05) is 0 Å². The fraction of sp³-hybridized carbons (Fsp3) is 0.875. The molecule has 4 heteroatoms. The second-order valence-corrected chi connectivity index (χ2v) is 5.39. The highest BCUT2D eigenvalue weighted by molar-refractivity contribution is 4.92. The molecule has 1 atom stereocenters. The summed E-state index contributed by atoms with van der Waals surface area (Å²) in [6, 6.07) is 0. The van der Waals surface area contributed by atoms with Gasteiger partial charge in [0.2, 0.25) is 0 Å². The Balaban J connectivity index is 3.27. The van der Waals surface area contributed by atoms with Crippen molar-refractivity contribution < 1.29 is 18.3 Å². The van der Waals surface area contributed by atoms with Crippen LogP contribution in [0.15, 0.2) is 12.2 Å². The molecule has 0 aromatic carbocycles. The number of hydrogen-bond donors (Lipinski definition) is 1. The molecule has 0 aliphatic rings. The van der Waals surface area contributed by atoms with E-state index in [9.17, 15) is 13.2 Å². The molecular weight excluding hydrogens is 265 g/mol. The molecule has 1 N–H and O–H groups in total. The molecule has 0 aliphatic heterocycles. The molecule has 0 saturated carbocycles. The topological polar surface area (TPSA) is 20.2 Å². The van der Waals surface area contributed by atoms with Crippen molar-refractivity contribution in [3.05, 3.63) is 12.2 Å². The maximum atomic E-state index is 12.0. The standard InChI is InChI=1S/C16H29F3O/c1-2-3-4-5-6-7-8-9-10-11-12-13-14-15(20)16(17,18)19/h13-15,20H,2-12H2,1H3/b14-13+. The molecule has 0 aromatic rings. The third kappa shape index (κ3) is 12.5. The van der Waals surface area contributed by atoms with Gasteiger partial charge >= 0.3 is 6.18 Å². The summed E-state index contributed by atoms with van der Waals surface area (Å²) < 4.78 is 35.9. The summed E-state index contributed by atoms with van der Waals surface area (Å²) in [7, 11) is 0. The monoisotopic (exact) mass is 294 g/mol. The quantitative estimate of drug-likeness (QED) is 0.357. The number of aliphatic hydroxyl groups is 1. The van der Waals surface area contributed by atoms with Gasteiger partial charge in [-0.05, 0) is 12.8 Å². The van der Waals surface area contributed by atoms with Gasteiger partial charge in [-0.1, -0.05) is 76.9 Å². The molecule has 0 heterocycles. The SMILES string of the molecule is CCCCCCCCCCCC/C=C/C(O)C(F)(F)F. The van der Waals surface area contributed by atoms with E-state index in [0.717, 1.165) is 25.3 Å². The summed E-state index contributed by atoms with van der Waals surface area (Å²) in [5.41, 5.74) is 0. The van der Waals surface area contributed by atoms with E-state index in [-0.39, 0.29) is 0 Å². The Morgan fingerprint density at radius 3 is 1.75 bits per heavy atom. The Hall–Kier alpha value is -0.510. The highest BCUT2D eigenvalue weighted by Gasteiger charge is 2.35. The number of halogens is 3. The van der Waals surface area contributed by atoms with Crippen molar-refractivity contribution in [2.75, 3.05) is 0 Å². The van der Waals surface area contributed by atoms with E-state index in [0.29, 0.717) is 6.42 Å². The largest absolute Gasteiger partial charge is 0.417 e. The third-order valence-electron chi connectivity index (χ3n) is 3.38. The summed E-state index contributed by atoms with van der Waals surface area (Å²) in [6.07, 6.45) is 8.22. The lowest BCUT2D eigenvalue weighted by Crippen LogP contribution is -2.25. The van der Waals surface area contributed by atoms with Crippen LogP contribution in [0.4, 0.5) is 13.2 Å². The Morgan fingerprint density at radius 1 is 0.850 bits per heavy atom. The van der Waals surface area contributed by atoms with Crippen LogP contribution in [0.5, 0.6) is 0 Å². The van der Waals surface area contributed by atoms with Gasteiger partial charge in [-0.15, -0.1) is 0 Å². The maximum absolute atomic E-state index is 12.0. The minimum Gasteiger partial charge on any atom is -0.380 e. The van der Waals surface area contributed by atoms with Crippen molar-refractivity contribution in [1.29, 1.82) is 0 Å². The summed E-state index contributed by atoms with van der Waals surface area (Å²) in [6.45, 7) is 2.21. The van der Waals surface area contributed by atoms with E-state index in [1.54, 1.807) is 0 Å². The van der Waals surface area contributed by atoms with Gasteiger partial charge in [0.1, 0.15) is 0 Å². The first-order valence-electron chi connectivity index (χ1n) is 7.90. The molecule has 0 aliphatic carbocycles. The molecule has 0 saturated heterocycles. The number of aliphatic hydroxyl groups excluding tert-OH is 1. The van der Waals surface area contributed by atoms with Crippen molar-refractivity contribution in [3.8, 4) is 0 Å². The molecule has 0 rings (SSSR count). The van der Waals surface area contributed by atoms with Crippen LogP contribution < -0.4 is 0 Å². The highest BCUT2D eigenvalue weighted by atomic mass is 19.4. The molecule has 1 unspecified atom stereocenters. The molecule has 0 amide bonds. The van der Waals surface area contributed by atoms with Gasteiger partial charge in [0.25, 0.3) is 0 Å². The fourth-order valence-corrected chi connectivity index (χ4v) is 2.08. The molecule has 0 fully saturated rings. The molecule has 0 radical (unpaired) electrons. The van der Waals surface area contributed by atoms with Crippen LogP contribution in [-0.4, -0.2) is 17.4 Å². The number of alkyl halides is 3. The molecule has 120 valence electrons. The molecule has 20 heavy (non-hydrogen) atoms. The summed E-state index contributed by atoms with van der Waals surface area (Å²) in [5, 5.41) is 8.74. The van der Waals surface area contributed by atoms with Gasteiger partial charge in [-0.2, -0.15) is 13.2 Å². The number of rotatable bonds is 12. The Bertz CT molecular complexity index is 236. The zero-order valence-electron chi connectivity index (χ0n) is 12.6. The van der Waals surface area contributed by atoms with Crippen LogP contribution in [0.25, 0.3) is 0 Å².